The zero-order valence-corrected chi connectivity index (χ0v) is 13.1. The van der Waals surface area contributed by atoms with Crippen LogP contribution in [0.2, 0.25) is 0 Å². The van der Waals surface area contributed by atoms with E-state index in [0.29, 0.717) is 18.7 Å². The molecular weight excluding hydrogens is 294 g/mol. The van der Waals surface area contributed by atoms with Gasteiger partial charge in [0.05, 0.1) is 6.26 Å². The smallest absolute Gasteiger partial charge is 0.317 e. The van der Waals surface area contributed by atoms with Gasteiger partial charge < -0.3 is 24.3 Å². The van der Waals surface area contributed by atoms with Crippen LogP contribution in [0.1, 0.15) is 31.1 Å². The lowest BCUT2D eigenvalue weighted by Gasteiger charge is -2.26. The number of rotatable bonds is 6. The van der Waals surface area contributed by atoms with Crippen LogP contribution in [-0.2, 0) is 6.54 Å². The second kappa shape index (κ2) is 7.37. The van der Waals surface area contributed by atoms with Crippen molar-refractivity contribution in [2.45, 2.75) is 38.0 Å². The third kappa shape index (κ3) is 3.96. The minimum Gasteiger partial charge on any atom is -0.467 e. The van der Waals surface area contributed by atoms with E-state index >= 15 is 0 Å². The maximum absolute atomic E-state index is 12.4. The van der Waals surface area contributed by atoms with Gasteiger partial charge in [0.1, 0.15) is 11.9 Å². The van der Waals surface area contributed by atoms with Crippen molar-refractivity contribution < 1.29 is 14.3 Å². The van der Waals surface area contributed by atoms with Crippen LogP contribution < -0.4 is 5.32 Å². The number of furan rings is 1. The van der Waals surface area contributed by atoms with E-state index in [4.69, 9.17) is 4.42 Å². The average Bonchev–Trinajstić information content (AvgIpc) is 3.29. The lowest BCUT2D eigenvalue weighted by molar-refractivity contribution is 0.108. The number of carbonyl (C=O) groups excluding carboxylic acids is 1. The Labute approximate surface area is 135 Å². The highest BCUT2D eigenvalue weighted by Gasteiger charge is 2.31. The topological polar surface area (TPSA) is 70.6 Å². The van der Waals surface area contributed by atoms with Crippen LogP contribution in [0, 0.1) is 0 Å². The minimum absolute atomic E-state index is 0.0497. The molecule has 6 heteroatoms. The monoisotopic (exact) mass is 317 g/mol. The first kappa shape index (κ1) is 15.7. The Bertz CT molecular complexity index is 595. The van der Waals surface area contributed by atoms with Crippen molar-refractivity contribution in [3.8, 4) is 0 Å². The summed E-state index contributed by atoms with van der Waals surface area (Å²) in [5.41, 5.74) is 0. The first-order valence-corrected chi connectivity index (χ1v) is 8.11. The summed E-state index contributed by atoms with van der Waals surface area (Å²) in [5.74, 6) is 0.560. The second-order valence-electron chi connectivity index (χ2n) is 5.91. The van der Waals surface area contributed by atoms with Crippen molar-refractivity contribution in [3.05, 3.63) is 48.7 Å². The fraction of sp³-hybridized carbons (Fsp3) is 0.471. The number of aromatic nitrogens is 1. The molecule has 1 aliphatic rings. The zero-order valence-electron chi connectivity index (χ0n) is 13.1. The summed E-state index contributed by atoms with van der Waals surface area (Å²) >= 11 is 0. The largest absolute Gasteiger partial charge is 0.467 e. The predicted molar refractivity (Wildman–Crippen MR) is 85.8 cm³/mol. The van der Waals surface area contributed by atoms with Gasteiger partial charge in [-0.3, -0.25) is 0 Å². The Hall–Kier alpha value is -2.21. The normalized spacial score (nSPS) is 19.0. The van der Waals surface area contributed by atoms with E-state index in [-0.39, 0.29) is 12.1 Å². The molecule has 0 saturated carbocycles. The molecule has 0 bridgehead atoms. The van der Waals surface area contributed by atoms with Crippen molar-refractivity contribution in [2.24, 2.45) is 0 Å². The van der Waals surface area contributed by atoms with E-state index in [1.54, 1.807) is 18.4 Å². The summed E-state index contributed by atoms with van der Waals surface area (Å²) in [7, 11) is 0. The first-order valence-electron chi connectivity index (χ1n) is 8.11. The van der Waals surface area contributed by atoms with Gasteiger partial charge in [-0.25, -0.2) is 4.79 Å². The molecule has 2 aromatic heterocycles. The third-order valence-electron chi connectivity index (χ3n) is 4.32. The molecule has 3 heterocycles. The summed E-state index contributed by atoms with van der Waals surface area (Å²) in [6.45, 7) is 2.09. The number of carbonyl (C=O) groups is 1. The Morgan fingerprint density at radius 2 is 2.22 bits per heavy atom. The van der Waals surface area contributed by atoms with E-state index in [1.165, 1.54) is 0 Å². The molecule has 2 aromatic rings. The number of hydrogen-bond donors (Lipinski definition) is 2. The van der Waals surface area contributed by atoms with E-state index < -0.39 is 6.10 Å². The molecule has 1 aliphatic heterocycles. The van der Waals surface area contributed by atoms with Crippen molar-refractivity contribution in [2.75, 3.05) is 13.1 Å². The van der Waals surface area contributed by atoms with Crippen LogP contribution >= 0.6 is 0 Å². The molecule has 2 atom stereocenters. The second-order valence-corrected chi connectivity index (χ2v) is 5.91. The van der Waals surface area contributed by atoms with Crippen molar-refractivity contribution in [3.63, 3.8) is 0 Å². The Morgan fingerprint density at radius 3 is 2.96 bits per heavy atom. The maximum Gasteiger partial charge on any atom is 0.317 e. The Balaban J connectivity index is 1.48. The van der Waals surface area contributed by atoms with Gasteiger partial charge in [0, 0.05) is 44.5 Å². The van der Waals surface area contributed by atoms with Gasteiger partial charge in [0.2, 0.25) is 0 Å². The number of likely N-dealkylation sites (tertiary alicyclic amines) is 1. The van der Waals surface area contributed by atoms with Gasteiger partial charge in [-0.05, 0) is 37.1 Å². The van der Waals surface area contributed by atoms with Gasteiger partial charge in [0.25, 0.3) is 0 Å². The summed E-state index contributed by atoms with van der Waals surface area (Å²) < 4.78 is 7.27. The minimum atomic E-state index is -0.664. The first-order chi connectivity index (χ1) is 11.2. The fourth-order valence-corrected chi connectivity index (χ4v) is 3.12. The lowest BCUT2D eigenvalue weighted by Crippen LogP contribution is -2.44. The molecule has 0 radical (unpaired) electrons. The van der Waals surface area contributed by atoms with Crippen LogP contribution in [0.15, 0.2) is 47.3 Å². The molecule has 23 heavy (non-hydrogen) atoms. The van der Waals surface area contributed by atoms with Gasteiger partial charge in [-0.1, -0.05) is 0 Å². The summed E-state index contributed by atoms with van der Waals surface area (Å²) in [6.07, 6.45) is 7.25. The highest BCUT2D eigenvalue weighted by molar-refractivity contribution is 5.74. The van der Waals surface area contributed by atoms with Crippen molar-refractivity contribution >= 4 is 6.03 Å². The number of amides is 2. The molecule has 0 aromatic carbocycles. The van der Waals surface area contributed by atoms with Gasteiger partial charge in [-0.15, -0.1) is 0 Å². The number of nitrogens with one attached hydrogen (secondary N) is 1. The van der Waals surface area contributed by atoms with Gasteiger partial charge in [0.15, 0.2) is 0 Å². The SMILES string of the molecule is O=C(NCCn1cccc1)N1CCCC1CC(O)c1ccco1. The third-order valence-corrected chi connectivity index (χ3v) is 4.32. The molecule has 2 amide bonds. The molecule has 2 unspecified atom stereocenters. The molecule has 1 saturated heterocycles. The molecule has 3 rings (SSSR count). The molecule has 1 fully saturated rings. The fourth-order valence-electron chi connectivity index (χ4n) is 3.12. The van der Waals surface area contributed by atoms with E-state index in [0.717, 1.165) is 25.9 Å². The number of aliphatic hydroxyl groups is 1. The number of hydrogen-bond acceptors (Lipinski definition) is 3. The summed E-state index contributed by atoms with van der Waals surface area (Å²) in [4.78, 5) is 14.2. The van der Waals surface area contributed by atoms with Crippen LogP contribution in [0.5, 0.6) is 0 Å². The maximum atomic E-state index is 12.4. The van der Waals surface area contributed by atoms with E-state index in [2.05, 4.69) is 5.32 Å². The summed E-state index contributed by atoms with van der Waals surface area (Å²) in [6, 6.07) is 7.47. The molecule has 6 nitrogen and oxygen atoms in total. The Morgan fingerprint density at radius 1 is 1.39 bits per heavy atom. The van der Waals surface area contributed by atoms with Crippen LogP contribution in [0.3, 0.4) is 0 Å². The van der Waals surface area contributed by atoms with E-state index in [9.17, 15) is 9.90 Å². The molecular formula is C17H23N3O3. The van der Waals surface area contributed by atoms with Crippen molar-refractivity contribution in [1.82, 2.24) is 14.8 Å². The highest BCUT2D eigenvalue weighted by Crippen LogP contribution is 2.27. The molecule has 124 valence electrons. The lowest BCUT2D eigenvalue weighted by atomic mass is 10.1. The van der Waals surface area contributed by atoms with Crippen molar-refractivity contribution in [1.29, 1.82) is 0 Å². The molecule has 2 N–H and O–H groups in total. The number of nitrogens with zero attached hydrogens (tertiary/aromatic N) is 2. The van der Waals surface area contributed by atoms with Gasteiger partial charge >= 0.3 is 6.03 Å². The van der Waals surface area contributed by atoms with Gasteiger partial charge in [-0.2, -0.15) is 0 Å². The van der Waals surface area contributed by atoms with Crippen LogP contribution in [-0.4, -0.2) is 39.7 Å². The average molecular weight is 317 g/mol. The van der Waals surface area contributed by atoms with Crippen LogP contribution in [0.25, 0.3) is 0 Å². The molecule has 0 spiro atoms. The highest BCUT2D eigenvalue weighted by atomic mass is 16.4. The Kier molecular flexibility index (Phi) is 5.02. The summed E-state index contributed by atoms with van der Waals surface area (Å²) in [5, 5.41) is 13.2. The zero-order chi connectivity index (χ0) is 16.1. The standard InChI is InChI=1S/C17H23N3O3/c21-15(16-6-4-12-23-16)13-14-5-3-10-20(14)17(22)18-7-11-19-8-1-2-9-19/h1-2,4,6,8-9,12,14-15,21H,3,5,7,10-11,13H2,(H,18,22). The number of aliphatic hydroxyl groups excluding tert-OH is 1. The molecule has 0 aliphatic carbocycles. The van der Waals surface area contributed by atoms with Crippen LogP contribution in [0.4, 0.5) is 4.79 Å². The van der Waals surface area contributed by atoms with E-state index in [1.807, 2.05) is 34.0 Å². The number of urea groups is 1. The quantitative estimate of drug-likeness (QED) is 0.859. The predicted octanol–water partition coefficient (Wildman–Crippen LogP) is 2.38.